The molecule has 0 saturated carbocycles. The maximum absolute atomic E-state index is 14.3. The molecular formula is C17H20FN3O3. The van der Waals surface area contributed by atoms with Gasteiger partial charge in [-0.15, -0.1) is 0 Å². The van der Waals surface area contributed by atoms with Gasteiger partial charge in [-0.05, 0) is 44.0 Å². The lowest BCUT2D eigenvalue weighted by atomic mass is 10.1. The van der Waals surface area contributed by atoms with E-state index < -0.39 is 17.7 Å². The van der Waals surface area contributed by atoms with Gasteiger partial charge in [-0.25, -0.2) is 9.07 Å². The highest BCUT2D eigenvalue weighted by atomic mass is 19.1. The Hall–Kier alpha value is -2.70. The van der Waals surface area contributed by atoms with Crippen molar-refractivity contribution in [3.8, 4) is 5.69 Å². The van der Waals surface area contributed by atoms with Crippen molar-refractivity contribution in [2.24, 2.45) is 5.92 Å². The highest BCUT2D eigenvalue weighted by Crippen LogP contribution is 2.17. The third kappa shape index (κ3) is 4.18. The van der Waals surface area contributed by atoms with Gasteiger partial charge in [0.2, 0.25) is 0 Å². The molecule has 0 spiro atoms. The number of aromatic nitrogens is 2. The molecule has 1 atom stereocenters. The highest BCUT2D eigenvalue weighted by molar-refractivity contribution is 5.94. The van der Waals surface area contributed by atoms with Crippen molar-refractivity contribution in [2.45, 2.75) is 27.2 Å². The Labute approximate surface area is 139 Å². The van der Waals surface area contributed by atoms with E-state index in [1.807, 2.05) is 19.9 Å². The van der Waals surface area contributed by atoms with Crippen LogP contribution in [0, 0.1) is 25.6 Å². The van der Waals surface area contributed by atoms with E-state index in [9.17, 15) is 14.0 Å². The zero-order valence-corrected chi connectivity index (χ0v) is 13.8. The molecule has 24 heavy (non-hydrogen) atoms. The summed E-state index contributed by atoms with van der Waals surface area (Å²) < 4.78 is 15.8. The molecule has 2 N–H and O–H groups in total. The summed E-state index contributed by atoms with van der Waals surface area (Å²) in [6.45, 7) is 5.58. The SMILES string of the molecule is Cc1cc(C)n(-c2ccc(C(=O)NCC(C)CC(=O)O)cc2F)n1. The van der Waals surface area contributed by atoms with Crippen molar-refractivity contribution in [3.63, 3.8) is 0 Å². The molecule has 0 saturated heterocycles. The van der Waals surface area contributed by atoms with Gasteiger partial charge >= 0.3 is 5.97 Å². The topological polar surface area (TPSA) is 84.2 Å². The van der Waals surface area contributed by atoms with E-state index in [1.54, 1.807) is 6.92 Å². The zero-order chi connectivity index (χ0) is 17.9. The van der Waals surface area contributed by atoms with Crippen molar-refractivity contribution >= 4 is 11.9 Å². The minimum Gasteiger partial charge on any atom is -0.481 e. The molecule has 0 aliphatic heterocycles. The van der Waals surface area contributed by atoms with Crippen molar-refractivity contribution in [1.29, 1.82) is 0 Å². The van der Waals surface area contributed by atoms with Gasteiger partial charge in [0.1, 0.15) is 11.5 Å². The van der Waals surface area contributed by atoms with Crippen LogP contribution in [-0.4, -0.2) is 33.3 Å². The molecule has 2 rings (SSSR count). The van der Waals surface area contributed by atoms with E-state index in [2.05, 4.69) is 10.4 Å². The third-order valence-electron chi connectivity index (χ3n) is 3.58. The molecule has 1 aromatic carbocycles. The number of hydrogen-bond acceptors (Lipinski definition) is 3. The number of carboxylic acids is 1. The van der Waals surface area contributed by atoms with Crippen molar-refractivity contribution < 1.29 is 19.1 Å². The summed E-state index contributed by atoms with van der Waals surface area (Å²) >= 11 is 0. The van der Waals surface area contributed by atoms with Crippen LogP contribution in [-0.2, 0) is 4.79 Å². The van der Waals surface area contributed by atoms with E-state index in [4.69, 9.17) is 5.11 Å². The molecule has 7 heteroatoms. The first kappa shape index (κ1) is 17.7. The van der Waals surface area contributed by atoms with Crippen LogP contribution in [0.4, 0.5) is 4.39 Å². The number of carbonyl (C=O) groups excluding carboxylic acids is 1. The molecule has 0 aliphatic rings. The van der Waals surface area contributed by atoms with Gasteiger partial charge in [-0.3, -0.25) is 9.59 Å². The molecular weight excluding hydrogens is 313 g/mol. The minimum atomic E-state index is -0.919. The maximum Gasteiger partial charge on any atom is 0.303 e. The average molecular weight is 333 g/mol. The molecule has 0 radical (unpaired) electrons. The van der Waals surface area contributed by atoms with Crippen LogP contribution in [0.3, 0.4) is 0 Å². The Morgan fingerprint density at radius 1 is 1.33 bits per heavy atom. The van der Waals surface area contributed by atoms with E-state index in [-0.39, 0.29) is 30.1 Å². The van der Waals surface area contributed by atoms with E-state index in [1.165, 1.54) is 16.8 Å². The smallest absolute Gasteiger partial charge is 0.303 e. The standard InChI is InChI=1S/C17H20FN3O3/c1-10(6-16(22)23)9-19-17(24)13-4-5-15(14(18)8-13)21-12(3)7-11(2)20-21/h4-5,7-8,10H,6,9H2,1-3H3,(H,19,24)(H,22,23). The summed E-state index contributed by atoms with van der Waals surface area (Å²) in [5.41, 5.74) is 2.03. The highest BCUT2D eigenvalue weighted by Gasteiger charge is 2.14. The van der Waals surface area contributed by atoms with Crippen LogP contribution in [0.2, 0.25) is 0 Å². The van der Waals surface area contributed by atoms with Crippen molar-refractivity contribution in [1.82, 2.24) is 15.1 Å². The molecule has 6 nitrogen and oxygen atoms in total. The Morgan fingerprint density at radius 2 is 2.04 bits per heavy atom. The van der Waals surface area contributed by atoms with Crippen LogP contribution in [0.15, 0.2) is 24.3 Å². The second-order valence-electron chi connectivity index (χ2n) is 5.92. The monoisotopic (exact) mass is 333 g/mol. The predicted molar refractivity (Wildman–Crippen MR) is 86.7 cm³/mol. The van der Waals surface area contributed by atoms with Gasteiger partial charge < -0.3 is 10.4 Å². The quantitative estimate of drug-likeness (QED) is 0.850. The maximum atomic E-state index is 14.3. The summed E-state index contributed by atoms with van der Waals surface area (Å²) in [6.07, 6.45) is -0.0362. The van der Waals surface area contributed by atoms with Gasteiger partial charge in [0.25, 0.3) is 5.91 Å². The first-order valence-corrected chi connectivity index (χ1v) is 7.61. The lowest BCUT2D eigenvalue weighted by Gasteiger charge is -2.11. The zero-order valence-electron chi connectivity index (χ0n) is 13.8. The van der Waals surface area contributed by atoms with Gasteiger partial charge in [0.05, 0.1) is 5.69 Å². The largest absolute Gasteiger partial charge is 0.481 e. The number of nitrogens with zero attached hydrogens (tertiary/aromatic N) is 2. The van der Waals surface area contributed by atoms with Crippen LogP contribution in [0.25, 0.3) is 5.69 Å². The number of hydrogen-bond donors (Lipinski definition) is 2. The van der Waals surface area contributed by atoms with Crippen LogP contribution in [0.5, 0.6) is 0 Å². The number of nitrogens with one attached hydrogen (secondary N) is 1. The molecule has 1 amide bonds. The van der Waals surface area contributed by atoms with E-state index >= 15 is 0 Å². The fourth-order valence-corrected chi connectivity index (χ4v) is 2.43. The predicted octanol–water partition coefficient (Wildman–Crippen LogP) is 2.47. The number of benzene rings is 1. The van der Waals surface area contributed by atoms with Crippen LogP contribution >= 0.6 is 0 Å². The number of aliphatic carboxylic acids is 1. The Bertz CT molecular complexity index is 770. The minimum absolute atomic E-state index is 0.0362. The molecule has 128 valence electrons. The molecule has 0 bridgehead atoms. The number of amides is 1. The average Bonchev–Trinajstić information content (AvgIpc) is 2.82. The summed E-state index contributed by atoms with van der Waals surface area (Å²) in [5.74, 6) is -2.11. The number of aryl methyl sites for hydroxylation is 2. The molecule has 1 aromatic heterocycles. The summed E-state index contributed by atoms with van der Waals surface area (Å²) in [5, 5.41) is 15.5. The van der Waals surface area contributed by atoms with Crippen LogP contribution in [0.1, 0.15) is 35.1 Å². The number of rotatable bonds is 6. The first-order chi connectivity index (χ1) is 11.3. The number of halogens is 1. The number of carboxylic acid groups (broad SMARTS) is 1. The normalized spacial score (nSPS) is 12.0. The molecule has 0 fully saturated rings. The fourth-order valence-electron chi connectivity index (χ4n) is 2.43. The lowest BCUT2D eigenvalue weighted by molar-refractivity contribution is -0.137. The Balaban J connectivity index is 2.10. The van der Waals surface area contributed by atoms with Gasteiger partial charge in [-0.2, -0.15) is 5.10 Å². The first-order valence-electron chi connectivity index (χ1n) is 7.61. The molecule has 0 aliphatic carbocycles. The summed E-state index contributed by atoms with van der Waals surface area (Å²) in [7, 11) is 0. The molecule has 1 heterocycles. The molecule has 2 aromatic rings. The Kier molecular flexibility index (Phi) is 5.33. The van der Waals surface area contributed by atoms with Crippen molar-refractivity contribution in [3.05, 3.63) is 47.0 Å². The van der Waals surface area contributed by atoms with E-state index in [0.717, 1.165) is 17.5 Å². The van der Waals surface area contributed by atoms with Gasteiger partial charge in [0.15, 0.2) is 0 Å². The second-order valence-corrected chi connectivity index (χ2v) is 5.92. The molecule has 1 unspecified atom stereocenters. The Morgan fingerprint density at radius 3 is 2.58 bits per heavy atom. The van der Waals surface area contributed by atoms with Crippen LogP contribution < -0.4 is 5.32 Å². The van der Waals surface area contributed by atoms with Gasteiger partial charge in [0, 0.05) is 24.2 Å². The third-order valence-corrected chi connectivity index (χ3v) is 3.58. The summed E-state index contributed by atoms with van der Waals surface area (Å²) in [4.78, 5) is 22.7. The van der Waals surface area contributed by atoms with E-state index in [0.29, 0.717) is 0 Å². The second kappa shape index (κ2) is 7.25. The fraction of sp³-hybridized carbons (Fsp3) is 0.353. The van der Waals surface area contributed by atoms with Gasteiger partial charge in [-0.1, -0.05) is 6.92 Å². The number of carbonyl (C=O) groups is 2. The van der Waals surface area contributed by atoms with Crippen molar-refractivity contribution in [2.75, 3.05) is 6.54 Å². The lowest BCUT2D eigenvalue weighted by Crippen LogP contribution is -2.29. The summed E-state index contributed by atoms with van der Waals surface area (Å²) in [6, 6.07) is 6.02.